The molecule has 7 nitrogen and oxygen atoms in total. The number of anilines is 2. The summed E-state index contributed by atoms with van der Waals surface area (Å²) in [5, 5.41) is 11.0. The van der Waals surface area contributed by atoms with Gasteiger partial charge in [-0.05, 0) is 12.8 Å². The summed E-state index contributed by atoms with van der Waals surface area (Å²) in [6, 6.07) is 0.298. The Labute approximate surface area is 105 Å². The molecule has 1 fully saturated rings. The molecule has 0 spiro atoms. The number of rotatable bonds is 3. The van der Waals surface area contributed by atoms with Crippen LogP contribution in [0.4, 0.5) is 17.5 Å². The first-order valence-corrected chi connectivity index (χ1v) is 6.09. The Balaban J connectivity index is 2.30. The second-order valence-corrected chi connectivity index (χ2v) is 4.60. The number of hydrogen-bond donors (Lipinski definition) is 1. The van der Waals surface area contributed by atoms with Gasteiger partial charge in [0.25, 0.3) is 0 Å². The van der Waals surface area contributed by atoms with Crippen LogP contribution in [0, 0.1) is 10.1 Å². The van der Waals surface area contributed by atoms with Gasteiger partial charge in [0.15, 0.2) is 0 Å². The molecule has 0 radical (unpaired) electrons. The van der Waals surface area contributed by atoms with Gasteiger partial charge >= 0.3 is 5.69 Å². The summed E-state index contributed by atoms with van der Waals surface area (Å²) < 4.78 is 0. The Morgan fingerprint density at radius 1 is 1.44 bits per heavy atom. The van der Waals surface area contributed by atoms with Crippen molar-refractivity contribution < 1.29 is 4.92 Å². The fourth-order valence-corrected chi connectivity index (χ4v) is 2.41. The van der Waals surface area contributed by atoms with Crippen LogP contribution >= 0.6 is 0 Å². The third kappa shape index (κ3) is 2.49. The lowest BCUT2D eigenvalue weighted by atomic mass is 9.94. The number of nitro groups is 1. The summed E-state index contributed by atoms with van der Waals surface area (Å²) in [6.45, 7) is 0. The van der Waals surface area contributed by atoms with Crippen molar-refractivity contribution in [2.24, 2.45) is 0 Å². The quantitative estimate of drug-likeness (QED) is 0.649. The van der Waals surface area contributed by atoms with Crippen molar-refractivity contribution >= 4 is 17.5 Å². The molecular formula is C11H17N5O2. The zero-order valence-electron chi connectivity index (χ0n) is 10.4. The van der Waals surface area contributed by atoms with Crippen molar-refractivity contribution in [2.75, 3.05) is 17.7 Å². The summed E-state index contributed by atoms with van der Waals surface area (Å²) >= 11 is 0. The minimum atomic E-state index is -0.464. The van der Waals surface area contributed by atoms with E-state index in [2.05, 4.69) is 9.97 Å². The van der Waals surface area contributed by atoms with E-state index in [4.69, 9.17) is 5.73 Å². The topological polar surface area (TPSA) is 98.2 Å². The van der Waals surface area contributed by atoms with Crippen molar-refractivity contribution in [1.82, 2.24) is 9.97 Å². The van der Waals surface area contributed by atoms with Gasteiger partial charge < -0.3 is 10.6 Å². The SMILES string of the molecule is CN(c1nc(N)ncc1[N+](=O)[O-])C1CCCCC1. The molecule has 98 valence electrons. The van der Waals surface area contributed by atoms with E-state index in [-0.39, 0.29) is 11.6 Å². The van der Waals surface area contributed by atoms with E-state index < -0.39 is 4.92 Å². The molecule has 1 aliphatic carbocycles. The molecule has 0 saturated heterocycles. The molecule has 0 aliphatic heterocycles. The van der Waals surface area contributed by atoms with E-state index in [0.29, 0.717) is 11.9 Å². The predicted molar refractivity (Wildman–Crippen MR) is 68.4 cm³/mol. The highest BCUT2D eigenvalue weighted by molar-refractivity contribution is 5.58. The minimum Gasteiger partial charge on any atom is -0.368 e. The molecule has 1 aromatic heterocycles. The lowest BCUT2D eigenvalue weighted by molar-refractivity contribution is -0.384. The lowest BCUT2D eigenvalue weighted by Gasteiger charge is -2.31. The fraction of sp³-hybridized carbons (Fsp3) is 0.636. The molecule has 1 aliphatic rings. The van der Waals surface area contributed by atoms with Crippen LogP contribution in [0.5, 0.6) is 0 Å². The molecule has 0 aromatic carbocycles. The second kappa shape index (κ2) is 5.16. The monoisotopic (exact) mass is 251 g/mol. The van der Waals surface area contributed by atoms with Crippen LogP contribution < -0.4 is 10.6 Å². The summed E-state index contributed by atoms with van der Waals surface area (Å²) in [6.07, 6.45) is 6.80. The molecule has 1 heterocycles. The van der Waals surface area contributed by atoms with Gasteiger partial charge in [-0.3, -0.25) is 10.1 Å². The van der Waals surface area contributed by atoms with Crippen LogP contribution in [0.25, 0.3) is 0 Å². The van der Waals surface area contributed by atoms with Crippen LogP contribution in [-0.4, -0.2) is 28.0 Å². The van der Waals surface area contributed by atoms with Crippen LogP contribution in [-0.2, 0) is 0 Å². The lowest BCUT2D eigenvalue weighted by Crippen LogP contribution is -2.34. The first-order chi connectivity index (χ1) is 8.59. The van der Waals surface area contributed by atoms with Crippen molar-refractivity contribution in [3.05, 3.63) is 16.3 Å². The van der Waals surface area contributed by atoms with Crippen molar-refractivity contribution in [3.63, 3.8) is 0 Å². The molecule has 0 unspecified atom stereocenters. The molecular weight excluding hydrogens is 234 g/mol. The number of nitrogens with zero attached hydrogens (tertiary/aromatic N) is 4. The summed E-state index contributed by atoms with van der Waals surface area (Å²) in [7, 11) is 1.84. The molecule has 0 amide bonds. The van der Waals surface area contributed by atoms with Gasteiger partial charge in [0.1, 0.15) is 6.20 Å². The van der Waals surface area contributed by atoms with Gasteiger partial charge in [-0.1, -0.05) is 19.3 Å². The predicted octanol–water partition coefficient (Wildman–Crippen LogP) is 1.74. The molecule has 7 heteroatoms. The highest BCUT2D eigenvalue weighted by atomic mass is 16.6. The third-order valence-corrected chi connectivity index (χ3v) is 3.42. The maximum absolute atomic E-state index is 11.0. The molecule has 0 bridgehead atoms. The number of nitrogen functional groups attached to an aromatic ring is 1. The zero-order chi connectivity index (χ0) is 13.1. The standard InChI is InChI=1S/C11H17N5O2/c1-15(8-5-3-2-4-6-8)10-9(16(17)18)7-13-11(12)14-10/h7-8H,2-6H2,1H3,(H2,12,13,14). The normalized spacial score (nSPS) is 16.5. The molecule has 2 N–H and O–H groups in total. The van der Waals surface area contributed by atoms with E-state index in [1.165, 1.54) is 12.6 Å². The number of aromatic nitrogens is 2. The molecule has 1 saturated carbocycles. The van der Waals surface area contributed by atoms with Gasteiger partial charge in [-0.25, -0.2) is 4.98 Å². The molecule has 0 atom stereocenters. The van der Waals surface area contributed by atoms with Crippen LogP contribution in [0.15, 0.2) is 6.20 Å². The van der Waals surface area contributed by atoms with Gasteiger partial charge in [0, 0.05) is 13.1 Å². The van der Waals surface area contributed by atoms with Crippen molar-refractivity contribution in [2.45, 2.75) is 38.1 Å². The number of nitrogens with two attached hydrogens (primary N) is 1. The summed E-state index contributed by atoms with van der Waals surface area (Å²) in [5.74, 6) is 0.387. The smallest absolute Gasteiger partial charge is 0.329 e. The first kappa shape index (κ1) is 12.5. The second-order valence-electron chi connectivity index (χ2n) is 4.60. The largest absolute Gasteiger partial charge is 0.368 e. The zero-order valence-corrected chi connectivity index (χ0v) is 10.4. The Hall–Kier alpha value is -1.92. The summed E-state index contributed by atoms with van der Waals surface area (Å²) in [5.41, 5.74) is 5.44. The van der Waals surface area contributed by atoms with Gasteiger partial charge in [-0.2, -0.15) is 4.98 Å². The maximum atomic E-state index is 11.0. The minimum absolute atomic E-state index is 0.0678. The van der Waals surface area contributed by atoms with Gasteiger partial charge in [-0.15, -0.1) is 0 Å². The Morgan fingerprint density at radius 3 is 2.72 bits per heavy atom. The van der Waals surface area contributed by atoms with E-state index in [0.717, 1.165) is 25.7 Å². The highest BCUT2D eigenvalue weighted by Crippen LogP contribution is 2.30. The Bertz CT molecular complexity index is 445. The van der Waals surface area contributed by atoms with Crippen LogP contribution in [0.2, 0.25) is 0 Å². The average molecular weight is 251 g/mol. The molecule has 2 rings (SSSR count). The fourth-order valence-electron chi connectivity index (χ4n) is 2.41. The first-order valence-electron chi connectivity index (χ1n) is 6.09. The molecule has 1 aromatic rings. The highest BCUT2D eigenvalue weighted by Gasteiger charge is 2.26. The van der Waals surface area contributed by atoms with Crippen molar-refractivity contribution in [1.29, 1.82) is 0 Å². The van der Waals surface area contributed by atoms with Crippen molar-refractivity contribution in [3.8, 4) is 0 Å². The van der Waals surface area contributed by atoms with E-state index in [1.807, 2.05) is 11.9 Å². The molecule has 18 heavy (non-hydrogen) atoms. The average Bonchev–Trinajstić information content (AvgIpc) is 2.38. The van der Waals surface area contributed by atoms with Crippen LogP contribution in [0.1, 0.15) is 32.1 Å². The van der Waals surface area contributed by atoms with Gasteiger partial charge in [0.2, 0.25) is 11.8 Å². The van der Waals surface area contributed by atoms with E-state index in [1.54, 1.807) is 0 Å². The van der Waals surface area contributed by atoms with Crippen LogP contribution in [0.3, 0.4) is 0 Å². The van der Waals surface area contributed by atoms with E-state index in [9.17, 15) is 10.1 Å². The summed E-state index contributed by atoms with van der Waals surface area (Å²) in [4.78, 5) is 20.1. The Morgan fingerprint density at radius 2 is 2.11 bits per heavy atom. The van der Waals surface area contributed by atoms with Gasteiger partial charge in [0.05, 0.1) is 4.92 Å². The third-order valence-electron chi connectivity index (χ3n) is 3.42. The Kier molecular flexibility index (Phi) is 3.59. The number of hydrogen-bond acceptors (Lipinski definition) is 6. The van der Waals surface area contributed by atoms with E-state index >= 15 is 0 Å². The maximum Gasteiger partial charge on any atom is 0.329 e.